The third kappa shape index (κ3) is 3.90. The maximum absolute atomic E-state index is 13.6. The Balaban J connectivity index is 2.05. The molecule has 0 bridgehead atoms. The molecular weight excluding hydrogens is 237 g/mol. The lowest BCUT2D eigenvalue weighted by molar-refractivity contribution is 0.512. The number of aryl methyl sites for hydroxylation is 1. The van der Waals surface area contributed by atoms with Crippen LogP contribution < -0.4 is 5.73 Å². The van der Waals surface area contributed by atoms with Crippen LogP contribution in [-0.4, -0.2) is 6.54 Å². The number of rotatable bonds is 5. The largest absolute Gasteiger partial charge is 0.330 e. The van der Waals surface area contributed by atoms with Crippen molar-refractivity contribution < 1.29 is 4.39 Å². The molecular formula is C17H20FN. The number of nitrogens with two attached hydrogens (primary N) is 1. The van der Waals surface area contributed by atoms with Crippen molar-refractivity contribution in [2.75, 3.05) is 6.54 Å². The van der Waals surface area contributed by atoms with E-state index in [1.54, 1.807) is 6.07 Å². The average molecular weight is 257 g/mol. The second-order valence-corrected chi connectivity index (χ2v) is 5.09. The van der Waals surface area contributed by atoms with Crippen molar-refractivity contribution in [2.24, 2.45) is 11.7 Å². The maximum atomic E-state index is 13.6. The van der Waals surface area contributed by atoms with Crippen LogP contribution in [0.5, 0.6) is 0 Å². The standard InChI is InChI=1S/C17H20FN/c1-13-6-8-14(9-7-13)10-15(12-19)11-16-4-2-3-5-17(16)18/h2-9,15H,10-12,19H2,1H3. The van der Waals surface area contributed by atoms with Crippen molar-refractivity contribution in [1.29, 1.82) is 0 Å². The van der Waals surface area contributed by atoms with Gasteiger partial charge in [-0.2, -0.15) is 0 Å². The molecule has 0 aromatic heterocycles. The lowest BCUT2D eigenvalue weighted by Crippen LogP contribution is -2.19. The van der Waals surface area contributed by atoms with Gasteiger partial charge in [-0.3, -0.25) is 0 Å². The average Bonchev–Trinajstić information content (AvgIpc) is 2.43. The topological polar surface area (TPSA) is 26.0 Å². The molecule has 0 amide bonds. The highest BCUT2D eigenvalue weighted by molar-refractivity contribution is 5.23. The molecule has 0 saturated heterocycles. The predicted molar refractivity (Wildman–Crippen MR) is 77.5 cm³/mol. The van der Waals surface area contributed by atoms with E-state index >= 15 is 0 Å². The molecule has 1 unspecified atom stereocenters. The van der Waals surface area contributed by atoms with E-state index in [9.17, 15) is 4.39 Å². The van der Waals surface area contributed by atoms with Crippen molar-refractivity contribution in [3.8, 4) is 0 Å². The highest BCUT2D eigenvalue weighted by Crippen LogP contribution is 2.16. The molecule has 0 radical (unpaired) electrons. The van der Waals surface area contributed by atoms with E-state index in [4.69, 9.17) is 5.73 Å². The van der Waals surface area contributed by atoms with E-state index in [2.05, 4.69) is 31.2 Å². The van der Waals surface area contributed by atoms with Crippen LogP contribution in [0.15, 0.2) is 48.5 Å². The molecule has 1 nitrogen and oxygen atoms in total. The lowest BCUT2D eigenvalue weighted by atomic mass is 9.92. The van der Waals surface area contributed by atoms with Gasteiger partial charge in [0.1, 0.15) is 5.82 Å². The number of halogens is 1. The van der Waals surface area contributed by atoms with Crippen LogP contribution in [0.3, 0.4) is 0 Å². The van der Waals surface area contributed by atoms with Gasteiger partial charge in [-0.05, 0) is 49.4 Å². The van der Waals surface area contributed by atoms with Gasteiger partial charge in [0.05, 0.1) is 0 Å². The molecule has 0 aliphatic carbocycles. The fourth-order valence-electron chi connectivity index (χ4n) is 2.27. The van der Waals surface area contributed by atoms with Gasteiger partial charge in [0.15, 0.2) is 0 Å². The van der Waals surface area contributed by atoms with Gasteiger partial charge in [0.25, 0.3) is 0 Å². The second kappa shape index (κ2) is 6.48. The first-order chi connectivity index (χ1) is 9.19. The van der Waals surface area contributed by atoms with Crippen molar-refractivity contribution in [3.05, 3.63) is 71.0 Å². The SMILES string of the molecule is Cc1ccc(CC(CN)Cc2ccccc2F)cc1. The molecule has 2 aromatic carbocycles. The van der Waals surface area contributed by atoms with E-state index in [-0.39, 0.29) is 11.7 Å². The van der Waals surface area contributed by atoms with E-state index in [1.807, 2.05) is 12.1 Å². The van der Waals surface area contributed by atoms with Crippen LogP contribution in [0.25, 0.3) is 0 Å². The van der Waals surface area contributed by atoms with Gasteiger partial charge in [-0.15, -0.1) is 0 Å². The van der Waals surface area contributed by atoms with Gasteiger partial charge in [-0.25, -0.2) is 4.39 Å². The zero-order valence-electron chi connectivity index (χ0n) is 11.3. The molecule has 0 heterocycles. The van der Waals surface area contributed by atoms with Gasteiger partial charge in [-0.1, -0.05) is 48.0 Å². The van der Waals surface area contributed by atoms with Crippen molar-refractivity contribution in [1.82, 2.24) is 0 Å². The molecule has 19 heavy (non-hydrogen) atoms. The van der Waals surface area contributed by atoms with Crippen LogP contribution in [-0.2, 0) is 12.8 Å². The van der Waals surface area contributed by atoms with Gasteiger partial charge < -0.3 is 5.73 Å². The zero-order chi connectivity index (χ0) is 13.7. The number of benzene rings is 2. The highest BCUT2D eigenvalue weighted by Gasteiger charge is 2.11. The predicted octanol–water partition coefficient (Wildman–Crippen LogP) is 3.49. The molecule has 1 atom stereocenters. The first kappa shape index (κ1) is 13.8. The van der Waals surface area contributed by atoms with E-state index in [1.165, 1.54) is 17.2 Å². The molecule has 2 rings (SSSR count). The van der Waals surface area contributed by atoms with Crippen LogP contribution in [0.4, 0.5) is 4.39 Å². The van der Waals surface area contributed by atoms with E-state index in [0.717, 1.165) is 12.0 Å². The molecule has 2 aromatic rings. The fourth-order valence-corrected chi connectivity index (χ4v) is 2.27. The summed E-state index contributed by atoms with van der Waals surface area (Å²) in [5, 5.41) is 0. The van der Waals surface area contributed by atoms with Crippen LogP contribution >= 0.6 is 0 Å². The summed E-state index contributed by atoms with van der Waals surface area (Å²) in [7, 11) is 0. The van der Waals surface area contributed by atoms with Gasteiger partial charge >= 0.3 is 0 Å². The monoisotopic (exact) mass is 257 g/mol. The summed E-state index contributed by atoms with van der Waals surface area (Å²) >= 11 is 0. The number of hydrogen-bond donors (Lipinski definition) is 1. The Hall–Kier alpha value is -1.67. The minimum Gasteiger partial charge on any atom is -0.330 e. The van der Waals surface area contributed by atoms with E-state index in [0.29, 0.717) is 13.0 Å². The first-order valence-corrected chi connectivity index (χ1v) is 6.68. The summed E-state index contributed by atoms with van der Waals surface area (Å²) in [5.74, 6) is 0.143. The van der Waals surface area contributed by atoms with Gasteiger partial charge in [0, 0.05) is 0 Å². The summed E-state index contributed by atoms with van der Waals surface area (Å²) in [5.41, 5.74) is 9.09. The molecule has 0 spiro atoms. The minimum atomic E-state index is -0.134. The van der Waals surface area contributed by atoms with Crippen molar-refractivity contribution in [2.45, 2.75) is 19.8 Å². The first-order valence-electron chi connectivity index (χ1n) is 6.68. The Kier molecular flexibility index (Phi) is 4.69. The van der Waals surface area contributed by atoms with Crippen molar-refractivity contribution in [3.63, 3.8) is 0 Å². The van der Waals surface area contributed by atoms with Crippen molar-refractivity contribution >= 4 is 0 Å². The third-order valence-corrected chi connectivity index (χ3v) is 3.44. The molecule has 0 aliphatic rings. The summed E-state index contributed by atoms with van der Waals surface area (Å²) in [6, 6.07) is 15.4. The minimum absolute atomic E-state index is 0.134. The Morgan fingerprint density at radius 1 is 1.00 bits per heavy atom. The quantitative estimate of drug-likeness (QED) is 0.871. The van der Waals surface area contributed by atoms with Gasteiger partial charge in [0.2, 0.25) is 0 Å². The second-order valence-electron chi connectivity index (χ2n) is 5.09. The maximum Gasteiger partial charge on any atom is 0.126 e. The molecule has 0 saturated carbocycles. The Labute approximate surface area is 114 Å². The molecule has 2 N–H and O–H groups in total. The zero-order valence-corrected chi connectivity index (χ0v) is 11.3. The molecule has 2 heteroatoms. The Morgan fingerprint density at radius 2 is 1.68 bits per heavy atom. The summed E-state index contributed by atoms with van der Waals surface area (Å²) < 4.78 is 13.6. The Bertz CT molecular complexity index is 519. The summed E-state index contributed by atoms with van der Waals surface area (Å²) in [4.78, 5) is 0. The molecule has 0 aliphatic heterocycles. The van der Waals surface area contributed by atoms with E-state index < -0.39 is 0 Å². The number of hydrogen-bond acceptors (Lipinski definition) is 1. The van der Waals surface area contributed by atoms with Crippen LogP contribution in [0, 0.1) is 18.7 Å². The highest BCUT2D eigenvalue weighted by atomic mass is 19.1. The third-order valence-electron chi connectivity index (χ3n) is 3.44. The summed E-state index contributed by atoms with van der Waals surface area (Å²) in [6.07, 6.45) is 1.59. The summed E-state index contributed by atoms with van der Waals surface area (Å²) in [6.45, 7) is 2.64. The smallest absolute Gasteiger partial charge is 0.126 e. The van der Waals surface area contributed by atoms with Crippen LogP contribution in [0.1, 0.15) is 16.7 Å². The fraction of sp³-hybridized carbons (Fsp3) is 0.294. The lowest BCUT2D eigenvalue weighted by Gasteiger charge is -2.15. The Morgan fingerprint density at radius 3 is 2.32 bits per heavy atom. The molecule has 100 valence electrons. The molecule has 0 fully saturated rings. The normalized spacial score (nSPS) is 12.4. The van der Waals surface area contributed by atoms with Crippen LogP contribution in [0.2, 0.25) is 0 Å².